The number of aromatic amines is 1. The molecule has 0 amide bonds. The summed E-state index contributed by atoms with van der Waals surface area (Å²) in [4.78, 5) is 24.6. The summed E-state index contributed by atoms with van der Waals surface area (Å²) in [6, 6.07) is 1.25. The van der Waals surface area contributed by atoms with Gasteiger partial charge in [0.05, 0.1) is 0 Å². The fourth-order valence-corrected chi connectivity index (χ4v) is 1.82. The normalized spacial score (nSPS) is 10.6. The lowest BCUT2D eigenvalue weighted by Crippen LogP contribution is -2.31. The first kappa shape index (κ1) is 13.5. The number of nitrogens with two attached hydrogens (primary N) is 1. The van der Waals surface area contributed by atoms with Crippen molar-refractivity contribution in [3.63, 3.8) is 0 Å². The van der Waals surface area contributed by atoms with Crippen molar-refractivity contribution >= 4 is 5.82 Å². The Morgan fingerprint density at radius 2 is 1.82 bits per heavy atom. The summed E-state index contributed by atoms with van der Waals surface area (Å²) in [5.41, 5.74) is 4.78. The highest BCUT2D eigenvalue weighted by molar-refractivity contribution is 5.25. The second kappa shape index (κ2) is 6.93. The maximum absolute atomic E-state index is 11.5. The lowest BCUT2D eigenvalue weighted by Gasteiger charge is -2.07. The molecule has 0 unspecified atom stereocenters. The summed E-state index contributed by atoms with van der Waals surface area (Å²) < 4.78 is 1.42. The summed E-state index contributed by atoms with van der Waals surface area (Å²) in [5, 5.41) is 0. The first-order valence-corrected chi connectivity index (χ1v) is 6.24. The zero-order chi connectivity index (χ0) is 12.7. The predicted molar refractivity (Wildman–Crippen MR) is 69.1 cm³/mol. The van der Waals surface area contributed by atoms with Crippen LogP contribution in [0.25, 0.3) is 0 Å². The second-order valence-corrected chi connectivity index (χ2v) is 4.28. The molecule has 1 aromatic heterocycles. The average Bonchev–Trinajstić information content (AvgIpc) is 2.26. The van der Waals surface area contributed by atoms with Crippen LogP contribution in [0.4, 0.5) is 5.82 Å². The van der Waals surface area contributed by atoms with Gasteiger partial charge < -0.3 is 5.73 Å². The van der Waals surface area contributed by atoms with Crippen LogP contribution in [-0.4, -0.2) is 9.55 Å². The van der Waals surface area contributed by atoms with E-state index >= 15 is 0 Å². The van der Waals surface area contributed by atoms with Crippen LogP contribution < -0.4 is 17.0 Å². The molecule has 1 aromatic rings. The molecule has 0 fully saturated rings. The highest BCUT2D eigenvalue weighted by Gasteiger charge is 2.01. The maximum Gasteiger partial charge on any atom is 0.329 e. The third-order valence-electron chi connectivity index (χ3n) is 2.80. The van der Waals surface area contributed by atoms with Gasteiger partial charge in [-0.15, -0.1) is 0 Å². The van der Waals surface area contributed by atoms with E-state index in [9.17, 15) is 9.59 Å². The molecular weight excluding hydrogens is 218 g/mol. The number of unbranched alkanes of at least 4 members (excludes halogenated alkanes) is 5. The van der Waals surface area contributed by atoms with Crippen LogP contribution in [0.2, 0.25) is 0 Å². The predicted octanol–water partition coefficient (Wildman–Crippen LogP) is 1.48. The smallest absolute Gasteiger partial charge is 0.329 e. The van der Waals surface area contributed by atoms with Crippen LogP contribution in [0.5, 0.6) is 0 Å². The van der Waals surface area contributed by atoms with E-state index in [1.165, 1.54) is 36.3 Å². The Hall–Kier alpha value is -1.52. The van der Waals surface area contributed by atoms with Gasteiger partial charge in [-0.2, -0.15) is 0 Å². The molecule has 5 nitrogen and oxygen atoms in total. The van der Waals surface area contributed by atoms with E-state index < -0.39 is 11.2 Å². The van der Waals surface area contributed by atoms with Gasteiger partial charge in [-0.3, -0.25) is 14.3 Å². The molecule has 0 aliphatic rings. The summed E-state index contributed by atoms with van der Waals surface area (Å²) in [6.45, 7) is 2.76. The number of anilines is 1. The molecule has 0 atom stereocenters. The molecule has 3 N–H and O–H groups in total. The van der Waals surface area contributed by atoms with Crippen LogP contribution in [-0.2, 0) is 6.54 Å². The number of nitrogens with zero attached hydrogens (tertiary/aromatic N) is 1. The molecule has 96 valence electrons. The third-order valence-corrected chi connectivity index (χ3v) is 2.80. The van der Waals surface area contributed by atoms with Crippen LogP contribution >= 0.6 is 0 Å². The number of H-pyrrole nitrogens is 1. The summed E-state index contributed by atoms with van der Waals surface area (Å²) in [7, 11) is 0. The summed E-state index contributed by atoms with van der Waals surface area (Å²) >= 11 is 0. The van der Waals surface area contributed by atoms with Crippen molar-refractivity contribution in [3.8, 4) is 0 Å². The van der Waals surface area contributed by atoms with Gasteiger partial charge in [-0.1, -0.05) is 39.0 Å². The molecule has 5 heteroatoms. The molecule has 1 heterocycles. The number of hydrogen-bond acceptors (Lipinski definition) is 3. The second-order valence-electron chi connectivity index (χ2n) is 4.28. The molecule has 1 rings (SSSR count). The highest BCUT2D eigenvalue weighted by Crippen LogP contribution is 2.06. The van der Waals surface area contributed by atoms with Gasteiger partial charge in [-0.05, 0) is 6.42 Å². The standard InChI is InChI=1S/C12H21N3O2/c1-2-3-4-5-6-7-8-15-10(13)9-11(16)14-12(15)17/h9H,2-8,13H2,1H3,(H,14,16,17). The summed E-state index contributed by atoms with van der Waals surface area (Å²) in [6.07, 6.45) is 6.93. The van der Waals surface area contributed by atoms with Gasteiger partial charge in [0.15, 0.2) is 0 Å². The van der Waals surface area contributed by atoms with Gasteiger partial charge in [0.25, 0.3) is 5.56 Å². The van der Waals surface area contributed by atoms with E-state index in [0.717, 1.165) is 12.8 Å². The zero-order valence-corrected chi connectivity index (χ0v) is 10.4. The van der Waals surface area contributed by atoms with E-state index in [1.807, 2.05) is 0 Å². The van der Waals surface area contributed by atoms with E-state index in [4.69, 9.17) is 5.73 Å². The minimum atomic E-state index is -0.438. The van der Waals surface area contributed by atoms with Gasteiger partial charge in [0.1, 0.15) is 5.82 Å². The molecule has 0 aromatic carbocycles. The monoisotopic (exact) mass is 239 g/mol. The molecule has 0 saturated carbocycles. The number of nitrogens with one attached hydrogen (secondary N) is 1. The minimum Gasteiger partial charge on any atom is -0.385 e. The topological polar surface area (TPSA) is 80.9 Å². The van der Waals surface area contributed by atoms with Crippen molar-refractivity contribution in [1.82, 2.24) is 9.55 Å². The molecule has 0 saturated heterocycles. The average molecular weight is 239 g/mol. The van der Waals surface area contributed by atoms with E-state index in [0.29, 0.717) is 6.54 Å². The molecular formula is C12H21N3O2. The minimum absolute atomic E-state index is 0.243. The molecule has 17 heavy (non-hydrogen) atoms. The van der Waals surface area contributed by atoms with Crippen molar-refractivity contribution in [3.05, 3.63) is 26.9 Å². The van der Waals surface area contributed by atoms with Crippen molar-refractivity contribution in [2.75, 3.05) is 5.73 Å². The Labute approximate surface area is 101 Å². The first-order valence-electron chi connectivity index (χ1n) is 6.24. The molecule has 0 spiro atoms. The maximum atomic E-state index is 11.5. The Morgan fingerprint density at radius 3 is 2.47 bits per heavy atom. The largest absolute Gasteiger partial charge is 0.385 e. The first-order chi connectivity index (χ1) is 8.15. The lowest BCUT2D eigenvalue weighted by molar-refractivity contribution is 0.546. The third kappa shape index (κ3) is 4.46. The van der Waals surface area contributed by atoms with E-state index in [2.05, 4.69) is 11.9 Å². The Bertz CT molecular complexity index is 448. The molecule has 0 aliphatic heterocycles. The number of nitrogen functional groups attached to an aromatic ring is 1. The Balaban J connectivity index is 2.42. The lowest BCUT2D eigenvalue weighted by atomic mass is 10.1. The van der Waals surface area contributed by atoms with Crippen LogP contribution in [0.15, 0.2) is 15.7 Å². The van der Waals surface area contributed by atoms with Gasteiger partial charge in [0, 0.05) is 12.6 Å². The van der Waals surface area contributed by atoms with Gasteiger partial charge in [-0.25, -0.2) is 4.79 Å². The van der Waals surface area contributed by atoms with Crippen molar-refractivity contribution in [1.29, 1.82) is 0 Å². The number of hydrogen-bond donors (Lipinski definition) is 2. The molecule has 0 radical (unpaired) electrons. The van der Waals surface area contributed by atoms with Crippen LogP contribution in [0.1, 0.15) is 45.4 Å². The zero-order valence-electron chi connectivity index (χ0n) is 10.4. The Morgan fingerprint density at radius 1 is 1.18 bits per heavy atom. The van der Waals surface area contributed by atoms with Crippen molar-refractivity contribution < 1.29 is 0 Å². The van der Waals surface area contributed by atoms with Crippen LogP contribution in [0.3, 0.4) is 0 Å². The quantitative estimate of drug-likeness (QED) is 0.707. The van der Waals surface area contributed by atoms with Gasteiger partial charge in [0.2, 0.25) is 0 Å². The highest BCUT2D eigenvalue weighted by atomic mass is 16.2. The van der Waals surface area contributed by atoms with E-state index in [1.54, 1.807) is 0 Å². The van der Waals surface area contributed by atoms with Gasteiger partial charge >= 0.3 is 5.69 Å². The number of rotatable bonds is 7. The fourth-order valence-electron chi connectivity index (χ4n) is 1.82. The molecule has 0 aliphatic carbocycles. The number of aromatic nitrogens is 2. The summed E-state index contributed by atoms with van der Waals surface area (Å²) in [5.74, 6) is 0.243. The van der Waals surface area contributed by atoms with E-state index in [-0.39, 0.29) is 5.82 Å². The SMILES string of the molecule is CCCCCCCCn1c(N)cc(=O)[nH]c1=O. The van der Waals surface area contributed by atoms with Crippen molar-refractivity contribution in [2.45, 2.75) is 52.0 Å². The van der Waals surface area contributed by atoms with Crippen molar-refractivity contribution in [2.24, 2.45) is 0 Å². The molecule has 0 bridgehead atoms. The van der Waals surface area contributed by atoms with Crippen LogP contribution in [0, 0.1) is 0 Å². The fraction of sp³-hybridized carbons (Fsp3) is 0.667. The Kier molecular flexibility index (Phi) is 5.52.